The Labute approximate surface area is 264 Å². The van der Waals surface area contributed by atoms with Crippen LogP contribution in [0.2, 0.25) is 0 Å². The summed E-state index contributed by atoms with van der Waals surface area (Å²) in [5.74, 6) is -0.831. The molecule has 1 atom stereocenters. The summed E-state index contributed by atoms with van der Waals surface area (Å²) >= 11 is 1.32. The molecule has 0 spiro atoms. The van der Waals surface area contributed by atoms with Gasteiger partial charge >= 0.3 is 11.9 Å². The summed E-state index contributed by atoms with van der Waals surface area (Å²) in [6, 6.07) is 24.4. The number of carbonyl (C=O) groups excluding carboxylic acids is 2. The Balaban J connectivity index is 1.48. The van der Waals surface area contributed by atoms with Gasteiger partial charge in [-0.1, -0.05) is 78.9 Å². The summed E-state index contributed by atoms with van der Waals surface area (Å²) in [5.41, 5.74) is 6.12. The number of esters is 2. The van der Waals surface area contributed by atoms with Crippen molar-refractivity contribution in [1.29, 1.82) is 0 Å². The number of hydrogen-bond acceptors (Lipinski definition) is 7. The van der Waals surface area contributed by atoms with Crippen LogP contribution in [0.15, 0.2) is 99.9 Å². The number of benzene rings is 3. The van der Waals surface area contributed by atoms with Crippen LogP contribution in [0, 0.1) is 6.92 Å². The van der Waals surface area contributed by atoms with Crippen LogP contribution >= 0.6 is 11.3 Å². The highest BCUT2D eigenvalue weighted by atomic mass is 32.1. The molecule has 0 fully saturated rings. The number of hydrogen-bond donors (Lipinski definition) is 0. The summed E-state index contributed by atoms with van der Waals surface area (Å²) in [5, 5.41) is 1.02. The lowest BCUT2D eigenvalue weighted by Crippen LogP contribution is -2.40. The minimum Gasteiger partial charge on any atom is -0.466 e. The van der Waals surface area contributed by atoms with Gasteiger partial charge in [-0.05, 0) is 55.7 Å². The Morgan fingerprint density at radius 1 is 0.956 bits per heavy atom. The maximum absolute atomic E-state index is 14.2. The van der Waals surface area contributed by atoms with Gasteiger partial charge in [0.25, 0.3) is 5.56 Å². The standard InChI is InChI=1S/C36H33N3O5S/c1-5-28-31(35(42)43-4)32(24-12-8-7-9-13-24)39-33(40)30(45-36(39)37-28)20-27-22(3)38(29-15-11-10-14-26(27)29)21-23-16-18-25(19-17-23)34(41)44-6-2/h7-20,32H,5-6,21H2,1-4H3/b30-20+/t32-/m0/s1. The number of carbonyl (C=O) groups is 2. The summed E-state index contributed by atoms with van der Waals surface area (Å²) in [6.45, 7) is 6.69. The van der Waals surface area contributed by atoms with Crippen molar-refractivity contribution in [3.8, 4) is 0 Å². The van der Waals surface area contributed by atoms with Crippen LogP contribution in [0.4, 0.5) is 0 Å². The van der Waals surface area contributed by atoms with Gasteiger partial charge < -0.3 is 14.0 Å². The van der Waals surface area contributed by atoms with Gasteiger partial charge in [0.05, 0.1) is 41.1 Å². The first-order chi connectivity index (χ1) is 21.9. The number of para-hydroxylation sites is 1. The van der Waals surface area contributed by atoms with E-state index >= 15 is 0 Å². The second kappa shape index (κ2) is 12.5. The van der Waals surface area contributed by atoms with E-state index in [1.54, 1.807) is 23.6 Å². The van der Waals surface area contributed by atoms with Crippen molar-refractivity contribution < 1.29 is 19.1 Å². The zero-order valence-corrected chi connectivity index (χ0v) is 26.4. The second-order valence-corrected chi connectivity index (χ2v) is 11.7. The summed E-state index contributed by atoms with van der Waals surface area (Å²) in [7, 11) is 1.35. The van der Waals surface area contributed by atoms with Crippen LogP contribution in [0.25, 0.3) is 17.0 Å². The predicted octanol–water partition coefficient (Wildman–Crippen LogP) is 5.29. The molecule has 8 nitrogen and oxygen atoms in total. The van der Waals surface area contributed by atoms with Gasteiger partial charge in [-0.3, -0.25) is 9.36 Å². The van der Waals surface area contributed by atoms with Crippen molar-refractivity contribution in [1.82, 2.24) is 9.13 Å². The van der Waals surface area contributed by atoms with Crippen LogP contribution in [-0.2, 0) is 20.8 Å². The van der Waals surface area contributed by atoms with Gasteiger partial charge in [-0.2, -0.15) is 0 Å². The average molecular weight is 620 g/mol. The average Bonchev–Trinajstić information content (AvgIpc) is 3.52. The molecular formula is C36H33N3O5S. The highest BCUT2D eigenvalue weighted by Gasteiger charge is 2.33. The van der Waals surface area contributed by atoms with Gasteiger partial charge in [0.15, 0.2) is 4.80 Å². The van der Waals surface area contributed by atoms with Crippen molar-refractivity contribution >= 4 is 40.3 Å². The quantitative estimate of drug-likeness (QED) is 0.220. The zero-order valence-electron chi connectivity index (χ0n) is 25.6. The molecule has 0 saturated carbocycles. The number of nitrogens with zero attached hydrogens (tertiary/aromatic N) is 3. The van der Waals surface area contributed by atoms with E-state index in [0.29, 0.717) is 45.7 Å². The molecule has 228 valence electrons. The van der Waals surface area contributed by atoms with E-state index < -0.39 is 12.0 Å². The van der Waals surface area contributed by atoms with Crippen LogP contribution in [0.1, 0.15) is 59.1 Å². The molecule has 3 heterocycles. The minimum atomic E-state index is -0.646. The van der Waals surface area contributed by atoms with Crippen molar-refractivity contribution in [2.75, 3.05) is 13.7 Å². The largest absolute Gasteiger partial charge is 0.466 e. The third-order valence-corrected chi connectivity index (χ3v) is 9.11. The van der Waals surface area contributed by atoms with Crippen LogP contribution in [-0.4, -0.2) is 34.8 Å². The number of allylic oxidation sites excluding steroid dienone is 1. The van der Waals surface area contributed by atoms with E-state index in [0.717, 1.165) is 33.3 Å². The van der Waals surface area contributed by atoms with Crippen molar-refractivity contribution in [2.24, 2.45) is 4.99 Å². The normalized spacial score (nSPS) is 14.8. The van der Waals surface area contributed by atoms with E-state index in [1.807, 2.05) is 74.5 Å². The van der Waals surface area contributed by atoms with E-state index in [4.69, 9.17) is 14.5 Å². The molecule has 6 rings (SSSR count). The van der Waals surface area contributed by atoms with E-state index in [-0.39, 0.29) is 11.5 Å². The molecule has 2 aromatic heterocycles. The van der Waals surface area contributed by atoms with Gasteiger partial charge in [0.2, 0.25) is 0 Å². The molecule has 1 aliphatic rings. The Morgan fingerprint density at radius 3 is 2.36 bits per heavy atom. The van der Waals surface area contributed by atoms with E-state index in [9.17, 15) is 14.4 Å². The first-order valence-corrected chi connectivity index (χ1v) is 15.7. The van der Waals surface area contributed by atoms with Gasteiger partial charge in [0, 0.05) is 28.7 Å². The molecule has 3 aromatic carbocycles. The molecule has 9 heteroatoms. The molecule has 0 N–H and O–H groups in total. The van der Waals surface area contributed by atoms with Crippen LogP contribution < -0.4 is 14.9 Å². The third-order valence-electron chi connectivity index (χ3n) is 8.13. The number of fused-ring (bicyclic) bond motifs is 2. The number of aromatic nitrogens is 2. The first-order valence-electron chi connectivity index (χ1n) is 14.9. The Bertz CT molecular complexity index is 2140. The molecule has 0 bridgehead atoms. The Kier molecular flexibility index (Phi) is 8.36. The number of rotatable bonds is 8. The van der Waals surface area contributed by atoms with Gasteiger partial charge in [-0.15, -0.1) is 0 Å². The van der Waals surface area contributed by atoms with Gasteiger partial charge in [-0.25, -0.2) is 14.6 Å². The Hall–Kier alpha value is -5.02. The molecule has 0 radical (unpaired) electrons. The molecule has 0 saturated heterocycles. The molecule has 0 unspecified atom stereocenters. The maximum atomic E-state index is 14.2. The summed E-state index contributed by atoms with van der Waals surface area (Å²) in [6.07, 6.45) is 2.46. The maximum Gasteiger partial charge on any atom is 0.338 e. The fraction of sp³-hybridized carbons (Fsp3) is 0.222. The van der Waals surface area contributed by atoms with E-state index in [1.165, 1.54) is 18.4 Å². The smallest absolute Gasteiger partial charge is 0.338 e. The van der Waals surface area contributed by atoms with E-state index in [2.05, 4.69) is 16.7 Å². The lowest BCUT2D eigenvalue weighted by Gasteiger charge is -2.25. The fourth-order valence-corrected chi connectivity index (χ4v) is 6.93. The summed E-state index contributed by atoms with van der Waals surface area (Å²) < 4.78 is 14.7. The van der Waals surface area contributed by atoms with Crippen molar-refractivity contribution in [2.45, 2.75) is 39.8 Å². The van der Waals surface area contributed by atoms with Crippen molar-refractivity contribution in [3.05, 3.63) is 138 Å². The summed E-state index contributed by atoms with van der Waals surface area (Å²) in [4.78, 5) is 44.7. The van der Waals surface area contributed by atoms with Crippen LogP contribution in [0.5, 0.6) is 0 Å². The predicted molar refractivity (Wildman–Crippen MR) is 175 cm³/mol. The lowest BCUT2D eigenvalue weighted by atomic mass is 9.95. The SMILES string of the molecule is CCOC(=O)c1ccc(Cn2c(C)c(/C=c3/sc4n(c3=O)[C@@H](c3ccccc3)C(C(=O)OC)=C(CC)N=4)c3ccccc32)cc1. The molecule has 1 aliphatic heterocycles. The monoisotopic (exact) mass is 619 g/mol. The molecule has 5 aromatic rings. The highest BCUT2D eigenvalue weighted by molar-refractivity contribution is 7.07. The number of thiazole rings is 1. The molecule has 0 aliphatic carbocycles. The molecular weight excluding hydrogens is 586 g/mol. The highest BCUT2D eigenvalue weighted by Crippen LogP contribution is 2.32. The number of methoxy groups -OCH3 is 1. The van der Waals surface area contributed by atoms with Crippen molar-refractivity contribution in [3.63, 3.8) is 0 Å². The molecule has 45 heavy (non-hydrogen) atoms. The Morgan fingerprint density at radius 2 is 1.67 bits per heavy atom. The number of ether oxygens (including phenoxy) is 2. The second-order valence-electron chi connectivity index (χ2n) is 10.7. The van der Waals surface area contributed by atoms with Gasteiger partial charge in [0.1, 0.15) is 0 Å². The first kappa shape index (κ1) is 30.0. The topological polar surface area (TPSA) is 91.9 Å². The fourth-order valence-electron chi connectivity index (χ4n) is 5.93. The minimum absolute atomic E-state index is 0.213. The third kappa shape index (κ3) is 5.44. The van der Waals surface area contributed by atoms with Crippen LogP contribution in [0.3, 0.4) is 0 Å². The molecule has 0 amide bonds. The zero-order chi connectivity index (χ0) is 31.7. The lowest BCUT2D eigenvalue weighted by molar-refractivity contribution is -0.136.